The highest BCUT2D eigenvalue weighted by atomic mass is 35.5. The van der Waals surface area contributed by atoms with Gasteiger partial charge in [-0.15, -0.1) is 0 Å². The van der Waals surface area contributed by atoms with Gasteiger partial charge in [0.2, 0.25) is 0 Å². The largest absolute Gasteiger partial charge is 0.494 e. The van der Waals surface area contributed by atoms with E-state index in [1.54, 1.807) is 12.1 Å². The van der Waals surface area contributed by atoms with Crippen LogP contribution in [-0.4, -0.2) is 74.2 Å². The molecule has 0 amide bonds. The third-order valence-corrected chi connectivity index (χ3v) is 5.99. The molecular formula is C24H31ClO9. The fourth-order valence-electron chi connectivity index (χ4n) is 3.87. The Hall–Kier alpha value is -1.79. The molecule has 1 aliphatic heterocycles. The van der Waals surface area contributed by atoms with Crippen LogP contribution in [0.4, 0.5) is 0 Å². The molecule has 2 aromatic carbocycles. The van der Waals surface area contributed by atoms with Gasteiger partial charge in [0.15, 0.2) is 0 Å². The molecular weight excluding hydrogens is 468 g/mol. The van der Waals surface area contributed by atoms with E-state index in [2.05, 4.69) is 0 Å². The van der Waals surface area contributed by atoms with Crippen LogP contribution in [0.2, 0.25) is 5.02 Å². The number of benzene rings is 2. The van der Waals surface area contributed by atoms with E-state index in [0.717, 1.165) is 18.2 Å². The summed E-state index contributed by atoms with van der Waals surface area (Å²) in [4.78, 5) is 0. The molecule has 0 bridgehead atoms. The molecule has 0 saturated carbocycles. The van der Waals surface area contributed by atoms with Crippen molar-refractivity contribution in [2.24, 2.45) is 0 Å². The van der Waals surface area contributed by atoms with E-state index in [-0.39, 0.29) is 6.61 Å². The van der Waals surface area contributed by atoms with E-state index >= 15 is 0 Å². The standard InChI is InChI=1S/C24H31ClO9/c1-3-32-16-6-4-13(5-7-16)8-14-9-17(15(10-18(14)25)12-33-24(2,30)31)23-22(29)21(28)20(27)19(11-26)34-23/h4-7,9-10,19-23,26-31H,3,8,11-12H2,1-2H3. The summed E-state index contributed by atoms with van der Waals surface area (Å²) >= 11 is 6.53. The van der Waals surface area contributed by atoms with Crippen molar-refractivity contribution in [3.63, 3.8) is 0 Å². The van der Waals surface area contributed by atoms with Crippen LogP contribution in [0, 0.1) is 0 Å². The molecule has 1 saturated heterocycles. The van der Waals surface area contributed by atoms with Crippen LogP contribution >= 0.6 is 11.6 Å². The van der Waals surface area contributed by atoms with Crippen molar-refractivity contribution < 1.29 is 44.8 Å². The van der Waals surface area contributed by atoms with E-state index in [1.807, 2.05) is 31.2 Å². The Balaban J connectivity index is 1.98. The van der Waals surface area contributed by atoms with E-state index in [9.17, 15) is 30.6 Å². The van der Waals surface area contributed by atoms with Crippen LogP contribution in [0.15, 0.2) is 36.4 Å². The topological polar surface area (TPSA) is 149 Å². The van der Waals surface area contributed by atoms with Crippen molar-refractivity contribution in [1.82, 2.24) is 0 Å². The first kappa shape index (κ1) is 26.8. The monoisotopic (exact) mass is 498 g/mol. The third-order valence-electron chi connectivity index (χ3n) is 5.64. The number of hydrogen-bond acceptors (Lipinski definition) is 9. The van der Waals surface area contributed by atoms with E-state index in [1.165, 1.54) is 0 Å². The highest BCUT2D eigenvalue weighted by molar-refractivity contribution is 6.31. The second-order valence-corrected chi connectivity index (χ2v) is 8.78. The SMILES string of the molecule is CCOc1ccc(Cc2cc(C3OC(CO)C(O)C(O)C3O)c(COC(C)(O)O)cc2Cl)cc1. The summed E-state index contributed by atoms with van der Waals surface area (Å²) in [5.74, 6) is -1.68. The zero-order valence-corrected chi connectivity index (χ0v) is 19.7. The van der Waals surface area contributed by atoms with Gasteiger partial charge in [0.05, 0.1) is 19.8 Å². The molecule has 5 atom stereocenters. The highest BCUT2D eigenvalue weighted by Crippen LogP contribution is 2.37. The summed E-state index contributed by atoms with van der Waals surface area (Å²) < 4.78 is 16.3. The number of aliphatic hydroxyl groups is 6. The number of ether oxygens (including phenoxy) is 3. The molecule has 5 unspecified atom stereocenters. The maximum Gasteiger partial charge on any atom is 0.275 e. The van der Waals surface area contributed by atoms with Crippen LogP contribution in [0.25, 0.3) is 0 Å². The minimum atomic E-state index is -2.42. The maximum absolute atomic E-state index is 10.7. The second kappa shape index (κ2) is 11.3. The van der Waals surface area contributed by atoms with Crippen LogP contribution in [-0.2, 0) is 22.5 Å². The van der Waals surface area contributed by atoms with Crippen LogP contribution in [0.1, 0.15) is 42.2 Å². The molecule has 6 N–H and O–H groups in total. The fraction of sp³-hybridized carbons (Fsp3) is 0.500. The number of halogens is 1. The normalized spacial score (nSPS) is 25.4. The molecule has 2 aromatic rings. The van der Waals surface area contributed by atoms with Crippen molar-refractivity contribution in [2.45, 2.75) is 63.4 Å². The van der Waals surface area contributed by atoms with Gasteiger partial charge < -0.3 is 44.8 Å². The van der Waals surface area contributed by atoms with E-state index in [4.69, 9.17) is 25.8 Å². The van der Waals surface area contributed by atoms with Crippen molar-refractivity contribution in [3.8, 4) is 5.75 Å². The molecule has 0 aromatic heterocycles. The van der Waals surface area contributed by atoms with Crippen LogP contribution in [0.5, 0.6) is 5.75 Å². The molecule has 0 spiro atoms. The average molecular weight is 499 g/mol. The lowest BCUT2D eigenvalue weighted by molar-refractivity contribution is -0.330. The summed E-state index contributed by atoms with van der Waals surface area (Å²) in [7, 11) is 0. The second-order valence-electron chi connectivity index (χ2n) is 8.37. The quantitative estimate of drug-likeness (QED) is 0.278. The van der Waals surface area contributed by atoms with Crippen molar-refractivity contribution in [1.29, 1.82) is 0 Å². The van der Waals surface area contributed by atoms with Gasteiger partial charge in [-0.05, 0) is 53.8 Å². The Morgan fingerprint density at radius 2 is 1.68 bits per heavy atom. The van der Waals surface area contributed by atoms with Gasteiger partial charge in [-0.3, -0.25) is 0 Å². The van der Waals surface area contributed by atoms with Gasteiger partial charge >= 0.3 is 0 Å². The zero-order chi connectivity index (χ0) is 25.0. The predicted octanol–water partition coefficient (Wildman–Crippen LogP) is 1.02. The summed E-state index contributed by atoms with van der Waals surface area (Å²) in [5.41, 5.74) is 2.36. The number of hydrogen-bond donors (Lipinski definition) is 6. The number of rotatable bonds is 9. The summed E-state index contributed by atoms with van der Waals surface area (Å²) in [6.07, 6.45) is -6.43. The Labute approximate surface area is 202 Å². The lowest BCUT2D eigenvalue weighted by Crippen LogP contribution is -2.55. The van der Waals surface area contributed by atoms with E-state index in [0.29, 0.717) is 34.7 Å². The molecule has 34 heavy (non-hydrogen) atoms. The Morgan fingerprint density at radius 1 is 1.00 bits per heavy atom. The van der Waals surface area contributed by atoms with Crippen molar-refractivity contribution in [2.75, 3.05) is 13.2 Å². The summed E-state index contributed by atoms with van der Waals surface area (Å²) in [6, 6.07) is 10.7. The molecule has 0 aliphatic carbocycles. The first-order valence-electron chi connectivity index (χ1n) is 11.0. The zero-order valence-electron chi connectivity index (χ0n) is 19.0. The Kier molecular flexibility index (Phi) is 8.91. The van der Waals surface area contributed by atoms with Crippen LogP contribution < -0.4 is 4.74 Å². The summed E-state index contributed by atoms with van der Waals surface area (Å²) in [5, 5.41) is 60.1. The molecule has 9 nitrogen and oxygen atoms in total. The molecule has 3 rings (SSSR count). The maximum atomic E-state index is 10.7. The minimum Gasteiger partial charge on any atom is -0.494 e. The van der Waals surface area contributed by atoms with Gasteiger partial charge in [-0.25, -0.2) is 0 Å². The minimum absolute atomic E-state index is 0.295. The van der Waals surface area contributed by atoms with Crippen molar-refractivity contribution in [3.05, 3.63) is 63.7 Å². The van der Waals surface area contributed by atoms with Gasteiger partial charge in [0.25, 0.3) is 5.97 Å². The molecule has 0 radical (unpaired) electrons. The van der Waals surface area contributed by atoms with Crippen LogP contribution in [0.3, 0.4) is 0 Å². The Morgan fingerprint density at radius 3 is 2.26 bits per heavy atom. The molecule has 188 valence electrons. The van der Waals surface area contributed by atoms with E-state index < -0.39 is 43.1 Å². The predicted molar refractivity (Wildman–Crippen MR) is 122 cm³/mol. The summed E-state index contributed by atoms with van der Waals surface area (Å²) in [6.45, 7) is 2.62. The van der Waals surface area contributed by atoms with Gasteiger partial charge in [0, 0.05) is 11.9 Å². The smallest absolute Gasteiger partial charge is 0.275 e. The lowest BCUT2D eigenvalue weighted by atomic mass is 9.87. The first-order valence-corrected chi connectivity index (χ1v) is 11.3. The average Bonchev–Trinajstić information content (AvgIpc) is 2.79. The van der Waals surface area contributed by atoms with Gasteiger partial charge in [0.1, 0.15) is 36.3 Å². The molecule has 10 heteroatoms. The lowest BCUT2D eigenvalue weighted by Gasteiger charge is -2.41. The Bertz CT molecular complexity index is 943. The fourth-order valence-corrected chi connectivity index (χ4v) is 4.12. The van der Waals surface area contributed by atoms with Gasteiger partial charge in [-0.1, -0.05) is 29.8 Å². The molecule has 1 heterocycles. The van der Waals surface area contributed by atoms with Crippen molar-refractivity contribution >= 4 is 11.6 Å². The third kappa shape index (κ3) is 6.45. The molecule has 1 fully saturated rings. The molecule has 1 aliphatic rings. The first-order chi connectivity index (χ1) is 16.0. The number of aliphatic hydroxyl groups excluding tert-OH is 4. The highest BCUT2D eigenvalue weighted by Gasteiger charge is 2.44. The van der Waals surface area contributed by atoms with Gasteiger partial charge in [-0.2, -0.15) is 0 Å².